The first-order valence-electron chi connectivity index (χ1n) is 6.88. The van der Waals surface area contributed by atoms with Crippen molar-refractivity contribution in [3.63, 3.8) is 0 Å². The van der Waals surface area contributed by atoms with Crippen molar-refractivity contribution >= 4 is 15.8 Å². The van der Waals surface area contributed by atoms with Gasteiger partial charge in [-0.25, -0.2) is 8.42 Å². The van der Waals surface area contributed by atoms with Crippen LogP contribution in [-0.2, 0) is 26.5 Å². The average molecular weight is 320 g/mol. The van der Waals surface area contributed by atoms with E-state index in [-0.39, 0.29) is 23.8 Å². The number of nitrogens with zero attached hydrogens (tertiary/aromatic N) is 3. The summed E-state index contributed by atoms with van der Waals surface area (Å²) in [4.78, 5) is 0.0120. The smallest absolute Gasteiger partial charge is 0.248 e. The van der Waals surface area contributed by atoms with Crippen LogP contribution >= 0.6 is 0 Å². The van der Waals surface area contributed by atoms with Gasteiger partial charge in [-0.15, -0.1) is 0 Å². The lowest BCUT2D eigenvalue weighted by Gasteiger charge is -2.21. The Morgan fingerprint density at radius 3 is 2.14 bits per heavy atom. The predicted molar refractivity (Wildman–Crippen MR) is 79.4 cm³/mol. The molecule has 0 aromatic carbocycles. The standard InChI is InChI=1S/C12H24N4O4S/c1-4-19-8-6-16(7-9-20-5-2)21(17,18)11-10-15(3)14-12(11)13/h10H,4-9H2,1-3H3,(H2,13,14). The number of aromatic nitrogens is 2. The molecule has 0 aliphatic rings. The molecule has 0 saturated carbocycles. The Hall–Kier alpha value is -1.16. The Morgan fingerprint density at radius 2 is 1.76 bits per heavy atom. The summed E-state index contributed by atoms with van der Waals surface area (Å²) in [6.45, 7) is 5.93. The molecule has 1 aromatic heterocycles. The number of nitrogen functional groups attached to an aromatic ring is 1. The Labute approximate surface area is 125 Å². The highest BCUT2D eigenvalue weighted by Gasteiger charge is 2.28. The fourth-order valence-electron chi connectivity index (χ4n) is 1.80. The van der Waals surface area contributed by atoms with Crippen LogP contribution in [0.3, 0.4) is 0 Å². The summed E-state index contributed by atoms with van der Waals surface area (Å²) in [5.74, 6) is -0.00433. The van der Waals surface area contributed by atoms with Gasteiger partial charge in [0.25, 0.3) is 0 Å². The van der Waals surface area contributed by atoms with Crippen LogP contribution in [0.15, 0.2) is 11.1 Å². The average Bonchev–Trinajstić information content (AvgIpc) is 2.77. The van der Waals surface area contributed by atoms with Crippen molar-refractivity contribution in [2.45, 2.75) is 18.7 Å². The summed E-state index contributed by atoms with van der Waals surface area (Å²) in [6, 6.07) is 0. The molecule has 0 aliphatic heterocycles. The zero-order valence-corrected chi connectivity index (χ0v) is 13.6. The summed E-state index contributed by atoms with van der Waals surface area (Å²) in [5.41, 5.74) is 5.67. The highest BCUT2D eigenvalue weighted by atomic mass is 32.2. The number of sulfonamides is 1. The molecule has 1 aromatic rings. The molecular weight excluding hydrogens is 296 g/mol. The molecular formula is C12H24N4O4S. The summed E-state index contributed by atoms with van der Waals surface area (Å²) < 4.78 is 38.4. The molecule has 8 nitrogen and oxygen atoms in total. The maximum absolute atomic E-state index is 12.6. The second kappa shape index (κ2) is 8.32. The first-order chi connectivity index (χ1) is 9.93. The molecule has 0 saturated heterocycles. The number of ether oxygens (including phenoxy) is 2. The molecule has 0 radical (unpaired) electrons. The lowest BCUT2D eigenvalue weighted by molar-refractivity contribution is 0.110. The van der Waals surface area contributed by atoms with E-state index in [0.29, 0.717) is 26.4 Å². The van der Waals surface area contributed by atoms with Gasteiger partial charge in [-0.05, 0) is 13.8 Å². The normalized spacial score (nSPS) is 12.2. The van der Waals surface area contributed by atoms with Crippen molar-refractivity contribution in [1.82, 2.24) is 14.1 Å². The Morgan fingerprint density at radius 1 is 1.24 bits per heavy atom. The van der Waals surface area contributed by atoms with Crippen molar-refractivity contribution < 1.29 is 17.9 Å². The number of nitrogens with two attached hydrogens (primary N) is 1. The summed E-state index contributed by atoms with van der Waals surface area (Å²) in [6.07, 6.45) is 1.40. The van der Waals surface area contributed by atoms with Gasteiger partial charge in [0.05, 0.1) is 13.2 Å². The molecule has 1 rings (SSSR count). The molecule has 0 aliphatic carbocycles. The molecule has 122 valence electrons. The first-order valence-corrected chi connectivity index (χ1v) is 8.32. The minimum absolute atomic E-state index is 0.00433. The van der Waals surface area contributed by atoms with Crippen LogP contribution in [0.25, 0.3) is 0 Å². The third kappa shape index (κ3) is 4.95. The van der Waals surface area contributed by atoms with Gasteiger partial charge in [0.2, 0.25) is 10.0 Å². The quantitative estimate of drug-likeness (QED) is 0.612. The van der Waals surface area contributed by atoms with E-state index >= 15 is 0 Å². The summed E-state index contributed by atoms with van der Waals surface area (Å²) >= 11 is 0. The molecule has 0 unspecified atom stereocenters. The molecule has 0 fully saturated rings. The highest BCUT2D eigenvalue weighted by Crippen LogP contribution is 2.20. The maximum Gasteiger partial charge on any atom is 0.248 e. The summed E-state index contributed by atoms with van der Waals surface area (Å²) in [5, 5.41) is 3.88. The number of rotatable bonds is 10. The van der Waals surface area contributed by atoms with E-state index in [1.807, 2.05) is 13.8 Å². The highest BCUT2D eigenvalue weighted by molar-refractivity contribution is 7.89. The van der Waals surface area contributed by atoms with Gasteiger partial charge in [0, 0.05) is 39.5 Å². The fourth-order valence-corrected chi connectivity index (χ4v) is 3.29. The first kappa shape index (κ1) is 17.9. The molecule has 0 bridgehead atoms. The number of hydrogen-bond donors (Lipinski definition) is 1. The predicted octanol–water partition coefficient (Wildman–Crippen LogP) is 0.0660. The van der Waals surface area contributed by atoms with Gasteiger partial charge in [0.1, 0.15) is 4.90 Å². The Kier molecular flexibility index (Phi) is 7.09. The second-order valence-electron chi connectivity index (χ2n) is 4.35. The third-order valence-corrected chi connectivity index (χ3v) is 4.73. The molecule has 21 heavy (non-hydrogen) atoms. The molecule has 9 heteroatoms. The van der Waals surface area contributed by atoms with Gasteiger partial charge in [-0.2, -0.15) is 9.40 Å². The van der Waals surface area contributed by atoms with E-state index in [4.69, 9.17) is 15.2 Å². The van der Waals surface area contributed by atoms with Crippen LogP contribution in [-0.4, -0.2) is 62.0 Å². The topological polar surface area (TPSA) is 99.7 Å². The molecule has 1 heterocycles. The maximum atomic E-state index is 12.6. The van der Waals surface area contributed by atoms with Gasteiger partial charge in [-0.1, -0.05) is 0 Å². The lowest BCUT2D eigenvalue weighted by atomic mass is 10.6. The number of anilines is 1. The largest absolute Gasteiger partial charge is 0.381 e. The number of aryl methyl sites for hydroxylation is 1. The van der Waals surface area contributed by atoms with E-state index in [0.717, 1.165) is 0 Å². The Bertz CT molecular complexity index is 519. The van der Waals surface area contributed by atoms with Crippen LogP contribution in [0, 0.1) is 0 Å². The summed E-state index contributed by atoms with van der Waals surface area (Å²) in [7, 11) is -2.08. The van der Waals surface area contributed by atoms with E-state index < -0.39 is 10.0 Å². The zero-order valence-electron chi connectivity index (χ0n) is 12.8. The van der Waals surface area contributed by atoms with Crippen LogP contribution in [0.4, 0.5) is 5.82 Å². The van der Waals surface area contributed by atoms with Crippen molar-refractivity contribution in [1.29, 1.82) is 0 Å². The monoisotopic (exact) mass is 320 g/mol. The molecule has 0 atom stereocenters. The van der Waals surface area contributed by atoms with Crippen molar-refractivity contribution in [3.05, 3.63) is 6.20 Å². The Balaban J connectivity index is 2.90. The molecule has 0 amide bonds. The van der Waals surface area contributed by atoms with Crippen LogP contribution in [0.2, 0.25) is 0 Å². The van der Waals surface area contributed by atoms with Gasteiger partial charge >= 0.3 is 0 Å². The van der Waals surface area contributed by atoms with Crippen LogP contribution in [0.5, 0.6) is 0 Å². The molecule has 2 N–H and O–H groups in total. The molecule has 0 spiro atoms. The minimum Gasteiger partial charge on any atom is -0.381 e. The van der Waals surface area contributed by atoms with E-state index in [9.17, 15) is 8.42 Å². The van der Waals surface area contributed by atoms with Crippen LogP contribution in [0.1, 0.15) is 13.8 Å². The van der Waals surface area contributed by atoms with Crippen molar-refractivity contribution in [2.24, 2.45) is 7.05 Å². The number of hydrogen-bond acceptors (Lipinski definition) is 6. The van der Waals surface area contributed by atoms with Crippen LogP contribution < -0.4 is 5.73 Å². The fraction of sp³-hybridized carbons (Fsp3) is 0.750. The van der Waals surface area contributed by atoms with Crippen molar-refractivity contribution in [2.75, 3.05) is 45.3 Å². The van der Waals surface area contributed by atoms with Gasteiger partial charge in [-0.3, -0.25) is 4.68 Å². The van der Waals surface area contributed by atoms with E-state index in [1.54, 1.807) is 7.05 Å². The second-order valence-corrected chi connectivity index (χ2v) is 6.26. The van der Waals surface area contributed by atoms with Gasteiger partial charge in [0.15, 0.2) is 5.82 Å². The van der Waals surface area contributed by atoms with E-state index in [1.165, 1.54) is 15.2 Å². The minimum atomic E-state index is -3.71. The lowest BCUT2D eigenvalue weighted by Crippen LogP contribution is -2.37. The zero-order chi connectivity index (χ0) is 15.9. The third-order valence-electron chi connectivity index (χ3n) is 2.82. The van der Waals surface area contributed by atoms with E-state index in [2.05, 4.69) is 5.10 Å². The van der Waals surface area contributed by atoms with Gasteiger partial charge < -0.3 is 15.2 Å². The van der Waals surface area contributed by atoms with Crippen molar-refractivity contribution in [3.8, 4) is 0 Å². The SMILES string of the molecule is CCOCCN(CCOCC)S(=O)(=O)c1cn(C)nc1N.